The van der Waals surface area contributed by atoms with Crippen LogP contribution in [0.1, 0.15) is 39.2 Å². The first-order valence-electron chi connectivity index (χ1n) is 9.42. The first kappa shape index (κ1) is 17.5. The van der Waals surface area contributed by atoms with Gasteiger partial charge in [0, 0.05) is 24.0 Å². The first-order chi connectivity index (χ1) is 13.0. The summed E-state index contributed by atoms with van der Waals surface area (Å²) in [7, 11) is 0. The molecule has 1 aliphatic carbocycles. The molecule has 0 radical (unpaired) electrons. The van der Waals surface area contributed by atoms with E-state index in [9.17, 15) is 0 Å². The van der Waals surface area contributed by atoms with Crippen LogP contribution in [0.15, 0.2) is 54.7 Å². The van der Waals surface area contributed by atoms with Crippen LogP contribution in [-0.4, -0.2) is 21.0 Å². The molecule has 0 unspecified atom stereocenters. The lowest BCUT2D eigenvalue weighted by Crippen LogP contribution is -2.10. The predicted octanol–water partition coefficient (Wildman–Crippen LogP) is 5.15. The summed E-state index contributed by atoms with van der Waals surface area (Å²) in [5.41, 5.74) is 4.10. The molecule has 27 heavy (non-hydrogen) atoms. The van der Waals surface area contributed by atoms with Gasteiger partial charge in [-0.25, -0.2) is 4.98 Å². The predicted molar refractivity (Wildman–Crippen MR) is 110 cm³/mol. The Hall–Kier alpha value is -2.95. The quantitative estimate of drug-likeness (QED) is 0.659. The van der Waals surface area contributed by atoms with Crippen LogP contribution in [0, 0.1) is 0 Å². The fraction of sp³-hybridized carbons (Fsp3) is 0.318. The number of nitrogens with zero attached hydrogens (tertiary/aromatic N) is 3. The lowest BCUT2D eigenvalue weighted by Gasteiger charge is -2.19. The van der Waals surface area contributed by atoms with Gasteiger partial charge in [-0.1, -0.05) is 39.0 Å². The van der Waals surface area contributed by atoms with Crippen LogP contribution in [0.25, 0.3) is 11.4 Å². The molecule has 0 saturated heterocycles. The van der Waals surface area contributed by atoms with E-state index in [0.29, 0.717) is 12.0 Å². The first-order valence-corrected chi connectivity index (χ1v) is 9.42. The third-order valence-electron chi connectivity index (χ3n) is 4.59. The van der Waals surface area contributed by atoms with Gasteiger partial charge < -0.3 is 10.6 Å². The summed E-state index contributed by atoms with van der Waals surface area (Å²) in [5, 5.41) is 6.80. The van der Waals surface area contributed by atoms with E-state index in [4.69, 9.17) is 0 Å². The van der Waals surface area contributed by atoms with Gasteiger partial charge >= 0.3 is 0 Å². The molecular weight excluding hydrogens is 334 g/mol. The number of benzene rings is 1. The zero-order valence-corrected chi connectivity index (χ0v) is 16.0. The van der Waals surface area contributed by atoms with Crippen LogP contribution >= 0.6 is 0 Å². The monoisotopic (exact) mass is 359 g/mol. The third kappa shape index (κ3) is 4.42. The van der Waals surface area contributed by atoms with E-state index in [0.717, 1.165) is 22.9 Å². The number of pyridine rings is 1. The van der Waals surface area contributed by atoms with Crippen molar-refractivity contribution in [2.45, 2.75) is 45.1 Å². The molecule has 2 N–H and O–H groups in total. The van der Waals surface area contributed by atoms with Crippen molar-refractivity contribution in [3.8, 4) is 11.4 Å². The van der Waals surface area contributed by atoms with Gasteiger partial charge in [-0.3, -0.25) is 4.98 Å². The molecular formula is C22H25N5. The van der Waals surface area contributed by atoms with Crippen molar-refractivity contribution < 1.29 is 0 Å². The molecule has 1 aliphatic rings. The van der Waals surface area contributed by atoms with E-state index in [2.05, 4.69) is 70.6 Å². The molecule has 4 rings (SSSR count). The van der Waals surface area contributed by atoms with Gasteiger partial charge in [-0.05, 0) is 48.1 Å². The van der Waals surface area contributed by atoms with Crippen molar-refractivity contribution in [2.24, 2.45) is 0 Å². The van der Waals surface area contributed by atoms with Crippen molar-refractivity contribution in [2.75, 3.05) is 10.6 Å². The van der Waals surface area contributed by atoms with E-state index < -0.39 is 0 Å². The van der Waals surface area contributed by atoms with Crippen LogP contribution in [0.3, 0.4) is 0 Å². The molecule has 5 nitrogen and oxygen atoms in total. The summed E-state index contributed by atoms with van der Waals surface area (Å²) < 4.78 is 0. The Morgan fingerprint density at radius 3 is 2.33 bits per heavy atom. The average molecular weight is 359 g/mol. The van der Waals surface area contributed by atoms with Gasteiger partial charge in [-0.2, -0.15) is 4.98 Å². The Balaban J connectivity index is 1.63. The second-order valence-corrected chi connectivity index (χ2v) is 8.05. The molecule has 0 bridgehead atoms. The van der Waals surface area contributed by atoms with Gasteiger partial charge in [0.05, 0.1) is 11.4 Å². The van der Waals surface area contributed by atoms with Gasteiger partial charge in [-0.15, -0.1) is 0 Å². The highest BCUT2D eigenvalue weighted by Crippen LogP contribution is 2.28. The Labute approximate surface area is 160 Å². The van der Waals surface area contributed by atoms with Gasteiger partial charge in [0.15, 0.2) is 0 Å². The topological polar surface area (TPSA) is 62.7 Å². The van der Waals surface area contributed by atoms with E-state index in [-0.39, 0.29) is 5.41 Å². The molecule has 3 aromatic rings. The van der Waals surface area contributed by atoms with Gasteiger partial charge in [0.25, 0.3) is 0 Å². The van der Waals surface area contributed by atoms with Crippen LogP contribution < -0.4 is 10.6 Å². The second kappa shape index (κ2) is 6.99. The minimum Gasteiger partial charge on any atom is -0.351 e. The second-order valence-electron chi connectivity index (χ2n) is 8.05. The lowest BCUT2D eigenvalue weighted by molar-refractivity contribution is 0.590. The molecule has 0 atom stereocenters. The van der Waals surface area contributed by atoms with Crippen molar-refractivity contribution in [3.05, 3.63) is 60.3 Å². The van der Waals surface area contributed by atoms with E-state index in [1.54, 1.807) is 6.20 Å². The maximum Gasteiger partial charge on any atom is 0.225 e. The average Bonchev–Trinajstić information content (AvgIpc) is 3.46. The molecule has 2 heterocycles. The summed E-state index contributed by atoms with van der Waals surface area (Å²) >= 11 is 0. The summed E-state index contributed by atoms with van der Waals surface area (Å²) in [4.78, 5) is 13.7. The van der Waals surface area contributed by atoms with E-state index in [1.807, 2.05) is 24.3 Å². The zero-order chi connectivity index (χ0) is 18.9. The number of rotatable bonds is 5. The Morgan fingerprint density at radius 1 is 0.926 bits per heavy atom. The highest BCUT2D eigenvalue weighted by Gasteiger charge is 2.22. The molecule has 0 spiro atoms. The van der Waals surface area contributed by atoms with Crippen LogP contribution in [0.2, 0.25) is 0 Å². The Kier molecular flexibility index (Phi) is 4.52. The van der Waals surface area contributed by atoms with Crippen LogP contribution in [-0.2, 0) is 5.41 Å². The van der Waals surface area contributed by atoms with Crippen LogP contribution in [0.4, 0.5) is 17.5 Å². The summed E-state index contributed by atoms with van der Waals surface area (Å²) in [5.74, 6) is 1.41. The minimum absolute atomic E-state index is 0.140. The molecule has 1 fully saturated rings. The van der Waals surface area contributed by atoms with E-state index in [1.165, 1.54) is 18.4 Å². The molecule has 2 aromatic heterocycles. The number of nitrogens with one attached hydrogen (secondary N) is 2. The Bertz CT molecular complexity index is 910. The maximum atomic E-state index is 4.65. The van der Waals surface area contributed by atoms with Crippen LogP contribution in [0.5, 0.6) is 0 Å². The molecule has 0 amide bonds. The highest BCUT2D eigenvalue weighted by atomic mass is 15.2. The van der Waals surface area contributed by atoms with Gasteiger partial charge in [0.2, 0.25) is 5.95 Å². The fourth-order valence-corrected chi connectivity index (χ4v) is 2.83. The molecule has 138 valence electrons. The SMILES string of the molecule is CC(C)(C)c1ccc(Nc2cc(-c3ccccn3)nc(NC3CC3)n2)cc1. The van der Waals surface area contributed by atoms with Crippen molar-refractivity contribution >= 4 is 17.5 Å². The van der Waals surface area contributed by atoms with E-state index >= 15 is 0 Å². The van der Waals surface area contributed by atoms with Crippen molar-refractivity contribution in [1.82, 2.24) is 15.0 Å². The lowest BCUT2D eigenvalue weighted by atomic mass is 9.87. The molecule has 5 heteroatoms. The zero-order valence-electron chi connectivity index (χ0n) is 16.0. The fourth-order valence-electron chi connectivity index (χ4n) is 2.83. The smallest absolute Gasteiger partial charge is 0.225 e. The van der Waals surface area contributed by atoms with Crippen molar-refractivity contribution in [3.63, 3.8) is 0 Å². The summed E-state index contributed by atoms with van der Waals surface area (Å²) in [6.07, 6.45) is 4.13. The van der Waals surface area contributed by atoms with Crippen molar-refractivity contribution in [1.29, 1.82) is 0 Å². The Morgan fingerprint density at radius 2 is 1.70 bits per heavy atom. The highest BCUT2D eigenvalue weighted by molar-refractivity contribution is 5.65. The number of anilines is 3. The minimum atomic E-state index is 0.140. The summed E-state index contributed by atoms with van der Waals surface area (Å²) in [6.45, 7) is 6.65. The normalized spacial score (nSPS) is 14.0. The largest absolute Gasteiger partial charge is 0.351 e. The number of hydrogen-bond donors (Lipinski definition) is 2. The summed E-state index contributed by atoms with van der Waals surface area (Å²) in [6, 6.07) is 16.8. The molecule has 0 aliphatic heterocycles. The molecule has 1 aromatic carbocycles. The standard InChI is InChI=1S/C22H25N5/c1-22(2,3)15-7-9-16(10-8-15)24-20-14-19(18-6-4-5-13-23-18)26-21(27-20)25-17-11-12-17/h4-10,13-14,17H,11-12H2,1-3H3,(H2,24,25,26,27). The third-order valence-corrected chi connectivity index (χ3v) is 4.59. The number of hydrogen-bond acceptors (Lipinski definition) is 5. The van der Waals surface area contributed by atoms with Gasteiger partial charge in [0.1, 0.15) is 5.82 Å². The molecule has 1 saturated carbocycles. The maximum absolute atomic E-state index is 4.65. The number of aromatic nitrogens is 3.